The predicted molar refractivity (Wildman–Crippen MR) is 83.7 cm³/mol. The molecule has 3 saturated carbocycles. The lowest BCUT2D eigenvalue weighted by Gasteiger charge is -2.55. The van der Waals surface area contributed by atoms with Crippen molar-refractivity contribution < 1.29 is 19.5 Å². The van der Waals surface area contributed by atoms with Crippen molar-refractivity contribution in [1.29, 1.82) is 0 Å². The van der Waals surface area contributed by atoms with Gasteiger partial charge in [-0.2, -0.15) is 0 Å². The molecule has 0 aromatic rings. The van der Waals surface area contributed by atoms with Crippen molar-refractivity contribution >= 4 is 17.5 Å². The zero-order valence-electron chi connectivity index (χ0n) is 13.6. The molecule has 5 atom stereocenters. The molecule has 0 saturated heterocycles. The summed E-state index contributed by atoms with van der Waals surface area (Å²) in [5.74, 6) is 0.458. The first-order valence-electron chi connectivity index (χ1n) is 8.90. The Morgan fingerprint density at radius 1 is 1.09 bits per heavy atom. The smallest absolute Gasteiger partial charge is 0.314 e. The molecule has 124 valence electrons. The van der Waals surface area contributed by atoms with Gasteiger partial charge in [0.15, 0.2) is 5.78 Å². The van der Waals surface area contributed by atoms with E-state index in [2.05, 4.69) is 6.92 Å². The van der Waals surface area contributed by atoms with Crippen molar-refractivity contribution in [1.82, 2.24) is 0 Å². The summed E-state index contributed by atoms with van der Waals surface area (Å²) < 4.78 is 0. The van der Waals surface area contributed by atoms with E-state index in [9.17, 15) is 19.5 Å². The van der Waals surface area contributed by atoms with E-state index in [1.165, 1.54) is 0 Å². The maximum absolute atomic E-state index is 12.4. The van der Waals surface area contributed by atoms with Crippen molar-refractivity contribution in [2.24, 2.45) is 28.6 Å². The Kier molecular flexibility index (Phi) is 3.14. The molecule has 0 aromatic heterocycles. The van der Waals surface area contributed by atoms with Crippen LogP contribution in [-0.2, 0) is 14.4 Å². The molecule has 0 radical (unpaired) electrons. The zero-order chi connectivity index (χ0) is 16.4. The number of rotatable bonds is 1. The monoisotopic (exact) mass is 316 g/mol. The van der Waals surface area contributed by atoms with Crippen LogP contribution in [0.2, 0.25) is 0 Å². The fraction of sp³-hybridized carbons (Fsp3) is 0.737. The first-order valence-corrected chi connectivity index (χ1v) is 8.90. The molecule has 0 amide bonds. The summed E-state index contributed by atoms with van der Waals surface area (Å²) >= 11 is 0. The van der Waals surface area contributed by atoms with E-state index in [4.69, 9.17) is 0 Å². The summed E-state index contributed by atoms with van der Waals surface area (Å²) in [6.45, 7) is 2.10. The number of hydrogen-bond acceptors (Lipinski definition) is 3. The number of Topliss-reactive ketones (excluding diaryl/α,β-unsaturated/α-hetero) is 1. The van der Waals surface area contributed by atoms with Crippen LogP contribution in [0.3, 0.4) is 0 Å². The second kappa shape index (κ2) is 4.78. The first kappa shape index (κ1) is 15.1. The highest BCUT2D eigenvalue weighted by atomic mass is 16.4. The summed E-state index contributed by atoms with van der Waals surface area (Å²) in [5, 5.41) is 10.1. The van der Waals surface area contributed by atoms with Gasteiger partial charge in [0.25, 0.3) is 0 Å². The summed E-state index contributed by atoms with van der Waals surface area (Å²) in [6, 6.07) is 0. The summed E-state index contributed by atoms with van der Waals surface area (Å²) in [7, 11) is 0. The van der Waals surface area contributed by atoms with Gasteiger partial charge in [-0.15, -0.1) is 0 Å². The lowest BCUT2D eigenvalue weighted by atomic mass is 9.47. The Bertz CT molecular complexity index is 633. The molecular weight excluding hydrogens is 292 g/mol. The van der Waals surface area contributed by atoms with Crippen LogP contribution >= 0.6 is 0 Å². The SMILES string of the molecule is C[C@@]12CC[C@@H]3[C@H](CCC4=CC(=O)CC[C@]43C(=O)O)[C@H]1CCC2=O. The first-order chi connectivity index (χ1) is 10.9. The Morgan fingerprint density at radius 2 is 1.87 bits per heavy atom. The Morgan fingerprint density at radius 3 is 2.61 bits per heavy atom. The minimum Gasteiger partial charge on any atom is -0.481 e. The molecule has 0 spiro atoms. The molecule has 4 nitrogen and oxygen atoms in total. The highest BCUT2D eigenvalue weighted by molar-refractivity contribution is 5.95. The quantitative estimate of drug-likeness (QED) is 0.806. The molecule has 0 aromatic carbocycles. The number of ketones is 2. The van der Waals surface area contributed by atoms with E-state index < -0.39 is 11.4 Å². The Balaban J connectivity index is 1.77. The standard InChI is InChI=1S/C19H24O4/c1-18-8-7-15-13(14(18)4-5-16(18)21)3-2-11-10-12(20)6-9-19(11,15)17(22)23/h10,13-15H,2-9H2,1H3,(H,22,23)/t13-,14-,15-,18-,19+/m1/s1. The van der Waals surface area contributed by atoms with Crippen molar-refractivity contribution in [3.05, 3.63) is 11.6 Å². The van der Waals surface area contributed by atoms with Gasteiger partial charge in [0.1, 0.15) is 5.78 Å². The predicted octanol–water partition coefficient (Wildman–Crippen LogP) is 3.15. The van der Waals surface area contributed by atoms with Gasteiger partial charge in [0, 0.05) is 18.3 Å². The molecule has 0 heterocycles. The van der Waals surface area contributed by atoms with Gasteiger partial charge in [0.2, 0.25) is 0 Å². The summed E-state index contributed by atoms with van der Waals surface area (Å²) in [5.41, 5.74) is -0.216. The number of hydrogen-bond donors (Lipinski definition) is 1. The fourth-order valence-corrected chi connectivity index (χ4v) is 6.39. The summed E-state index contributed by atoms with van der Waals surface area (Å²) in [4.78, 5) is 36.5. The van der Waals surface area contributed by atoms with E-state index in [0.29, 0.717) is 43.3 Å². The third kappa shape index (κ3) is 1.81. The maximum Gasteiger partial charge on any atom is 0.314 e. The number of fused-ring (bicyclic) bond motifs is 5. The van der Waals surface area contributed by atoms with Gasteiger partial charge < -0.3 is 5.11 Å². The van der Waals surface area contributed by atoms with Crippen LogP contribution in [0.4, 0.5) is 0 Å². The average Bonchev–Trinajstić information content (AvgIpc) is 2.82. The van der Waals surface area contributed by atoms with Crippen LogP contribution in [-0.4, -0.2) is 22.6 Å². The number of carboxylic acid groups (broad SMARTS) is 1. The highest BCUT2D eigenvalue weighted by Crippen LogP contribution is 2.64. The third-order valence-electron chi connectivity index (χ3n) is 7.58. The average molecular weight is 316 g/mol. The van der Waals surface area contributed by atoms with Crippen molar-refractivity contribution in [3.8, 4) is 0 Å². The highest BCUT2D eigenvalue weighted by Gasteiger charge is 2.62. The minimum absolute atomic E-state index is 0.0759. The molecule has 4 aliphatic carbocycles. The maximum atomic E-state index is 12.4. The van der Waals surface area contributed by atoms with Gasteiger partial charge in [-0.1, -0.05) is 6.92 Å². The van der Waals surface area contributed by atoms with E-state index in [1.807, 2.05) is 0 Å². The molecule has 4 rings (SSSR count). The third-order valence-corrected chi connectivity index (χ3v) is 7.58. The normalized spacial score (nSPS) is 45.8. The second-order valence-corrected chi connectivity index (χ2v) is 8.25. The fourth-order valence-electron chi connectivity index (χ4n) is 6.39. The molecular formula is C19H24O4. The van der Waals surface area contributed by atoms with Crippen molar-refractivity contribution in [2.45, 2.75) is 58.3 Å². The molecule has 4 aliphatic rings. The van der Waals surface area contributed by atoms with E-state index in [0.717, 1.165) is 31.3 Å². The lowest BCUT2D eigenvalue weighted by Crippen LogP contribution is -2.54. The van der Waals surface area contributed by atoms with Gasteiger partial charge in [0.05, 0.1) is 5.41 Å². The van der Waals surface area contributed by atoms with E-state index in [1.54, 1.807) is 6.08 Å². The molecule has 23 heavy (non-hydrogen) atoms. The minimum atomic E-state index is -0.843. The molecule has 0 aliphatic heterocycles. The largest absolute Gasteiger partial charge is 0.481 e. The van der Waals surface area contributed by atoms with Crippen LogP contribution in [0.5, 0.6) is 0 Å². The van der Waals surface area contributed by atoms with Crippen LogP contribution < -0.4 is 0 Å². The van der Waals surface area contributed by atoms with Crippen molar-refractivity contribution in [3.63, 3.8) is 0 Å². The van der Waals surface area contributed by atoms with E-state index >= 15 is 0 Å². The number of aliphatic carboxylic acids is 1. The molecule has 1 N–H and O–H groups in total. The van der Waals surface area contributed by atoms with Gasteiger partial charge in [-0.3, -0.25) is 14.4 Å². The summed E-state index contributed by atoms with van der Waals surface area (Å²) in [6.07, 6.45) is 7.27. The molecule has 0 unspecified atom stereocenters. The van der Waals surface area contributed by atoms with Gasteiger partial charge in [-0.25, -0.2) is 0 Å². The van der Waals surface area contributed by atoms with Crippen LogP contribution in [0, 0.1) is 28.6 Å². The molecule has 0 bridgehead atoms. The van der Waals surface area contributed by atoms with Crippen LogP contribution in [0.15, 0.2) is 11.6 Å². The van der Waals surface area contributed by atoms with Crippen LogP contribution in [0.25, 0.3) is 0 Å². The number of carbonyl (C=O) groups is 3. The Hall–Kier alpha value is -1.45. The number of carboxylic acids is 1. The second-order valence-electron chi connectivity index (χ2n) is 8.25. The van der Waals surface area contributed by atoms with Gasteiger partial charge >= 0.3 is 5.97 Å². The van der Waals surface area contributed by atoms with Crippen molar-refractivity contribution in [2.75, 3.05) is 0 Å². The zero-order valence-corrected chi connectivity index (χ0v) is 13.6. The molecule has 4 heteroatoms. The Labute approximate surface area is 136 Å². The molecule has 3 fully saturated rings. The topological polar surface area (TPSA) is 71.4 Å². The number of carbonyl (C=O) groups excluding carboxylic acids is 2. The van der Waals surface area contributed by atoms with Crippen LogP contribution in [0.1, 0.15) is 58.3 Å². The lowest BCUT2D eigenvalue weighted by molar-refractivity contribution is -0.159. The van der Waals surface area contributed by atoms with E-state index in [-0.39, 0.29) is 17.1 Å². The van der Waals surface area contributed by atoms with Gasteiger partial charge in [-0.05, 0) is 67.9 Å².